The number of carbonyl (C=O) groups is 1. The Hall–Kier alpha value is -0.720. The van der Waals surface area contributed by atoms with E-state index in [9.17, 15) is 4.79 Å². The summed E-state index contributed by atoms with van der Waals surface area (Å²) in [6.07, 6.45) is 3.50. The molecule has 2 rings (SSSR count). The second-order valence-electron chi connectivity index (χ2n) is 6.01. The van der Waals surface area contributed by atoms with Gasteiger partial charge in [0.15, 0.2) is 5.78 Å². The minimum absolute atomic E-state index is 0.210. The number of rotatable bonds is 5. The number of piperidine rings is 1. The van der Waals surface area contributed by atoms with Crippen LogP contribution in [0.25, 0.3) is 0 Å². The van der Waals surface area contributed by atoms with Crippen LogP contribution in [0, 0.1) is 5.41 Å². The Labute approximate surface area is 128 Å². The van der Waals surface area contributed by atoms with Gasteiger partial charge in [-0.05, 0) is 56.0 Å². The molecule has 2 heterocycles. The summed E-state index contributed by atoms with van der Waals surface area (Å²) in [7, 11) is 4.04. The third kappa shape index (κ3) is 3.30. The molecule has 1 aromatic rings. The molecule has 5 nitrogen and oxygen atoms in total. The molecule has 0 unspecified atom stereocenters. The van der Waals surface area contributed by atoms with E-state index in [4.69, 9.17) is 0 Å². The van der Waals surface area contributed by atoms with Gasteiger partial charge in [0.05, 0.1) is 17.2 Å². The van der Waals surface area contributed by atoms with Crippen LogP contribution in [0.15, 0.2) is 10.7 Å². The van der Waals surface area contributed by atoms with E-state index in [-0.39, 0.29) is 11.2 Å². The Morgan fingerprint density at radius 2 is 2.15 bits per heavy atom. The molecule has 0 saturated carbocycles. The molecular weight excluding hydrogens is 320 g/mol. The van der Waals surface area contributed by atoms with Crippen LogP contribution in [0.3, 0.4) is 0 Å². The molecule has 1 saturated heterocycles. The molecule has 0 amide bonds. The highest BCUT2D eigenvalue weighted by molar-refractivity contribution is 9.10. The maximum atomic E-state index is 12.9. The molecule has 112 valence electrons. The van der Waals surface area contributed by atoms with Gasteiger partial charge < -0.3 is 10.2 Å². The van der Waals surface area contributed by atoms with Crippen LogP contribution < -0.4 is 5.32 Å². The molecule has 6 heteroatoms. The molecule has 1 N–H and O–H groups in total. The summed E-state index contributed by atoms with van der Waals surface area (Å²) in [5.41, 5.74) is 0.445. The van der Waals surface area contributed by atoms with Gasteiger partial charge in [-0.3, -0.25) is 9.48 Å². The van der Waals surface area contributed by atoms with Crippen molar-refractivity contribution in [2.24, 2.45) is 5.41 Å². The highest BCUT2D eigenvalue weighted by atomic mass is 79.9. The Morgan fingerprint density at radius 3 is 2.75 bits per heavy atom. The minimum Gasteiger partial charge on any atom is -0.317 e. The average molecular weight is 343 g/mol. The fourth-order valence-corrected chi connectivity index (χ4v) is 3.02. The Balaban J connectivity index is 2.22. The van der Waals surface area contributed by atoms with Crippen LogP contribution in [0.5, 0.6) is 0 Å². The fourth-order valence-electron chi connectivity index (χ4n) is 2.54. The second-order valence-corrected chi connectivity index (χ2v) is 6.86. The molecular formula is C14H23BrN4O. The molecule has 0 aliphatic carbocycles. The molecule has 1 fully saturated rings. The van der Waals surface area contributed by atoms with Gasteiger partial charge in [0.2, 0.25) is 0 Å². The number of carbonyl (C=O) groups excluding carboxylic acids is 1. The van der Waals surface area contributed by atoms with Crippen LogP contribution in [0.2, 0.25) is 0 Å². The van der Waals surface area contributed by atoms with E-state index < -0.39 is 0 Å². The second kappa shape index (κ2) is 6.37. The quantitative estimate of drug-likeness (QED) is 0.828. The Morgan fingerprint density at radius 1 is 1.50 bits per heavy atom. The Bertz CT molecular complexity index is 478. The SMILES string of the molecule is CN(C)CCn1ncc(Br)c1C(=O)C1(C)CCNCC1. The summed E-state index contributed by atoms with van der Waals surface area (Å²) < 4.78 is 2.64. The number of nitrogens with zero attached hydrogens (tertiary/aromatic N) is 3. The third-order valence-electron chi connectivity index (χ3n) is 4.02. The molecule has 0 bridgehead atoms. The highest BCUT2D eigenvalue weighted by Gasteiger charge is 2.37. The zero-order valence-corrected chi connectivity index (χ0v) is 14.0. The lowest BCUT2D eigenvalue weighted by Gasteiger charge is -2.32. The lowest BCUT2D eigenvalue weighted by molar-refractivity contribution is 0.0748. The lowest BCUT2D eigenvalue weighted by atomic mass is 9.76. The van der Waals surface area contributed by atoms with Crippen molar-refractivity contribution in [2.45, 2.75) is 26.3 Å². The molecule has 0 spiro atoms. The van der Waals surface area contributed by atoms with Crippen molar-refractivity contribution in [1.82, 2.24) is 20.0 Å². The van der Waals surface area contributed by atoms with Gasteiger partial charge in [0, 0.05) is 12.0 Å². The minimum atomic E-state index is -0.274. The van der Waals surface area contributed by atoms with Crippen LogP contribution >= 0.6 is 15.9 Å². The first-order chi connectivity index (χ1) is 9.44. The molecule has 1 aromatic heterocycles. The zero-order chi connectivity index (χ0) is 14.8. The summed E-state index contributed by atoms with van der Waals surface area (Å²) in [6, 6.07) is 0. The van der Waals surface area contributed by atoms with E-state index >= 15 is 0 Å². The number of nitrogens with one attached hydrogen (secondary N) is 1. The number of Topliss-reactive ketones (excluding diaryl/α,β-unsaturated/α-hetero) is 1. The first-order valence-corrected chi connectivity index (χ1v) is 7.85. The normalized spacial score (nSPS) is 18.4. The van der Waals surface area contributed by atoms with Crippen molar-refractivity contribution in [1.29, 1.82) is 0 Å². The van der Waals surface area contributed by atoms with E-state index in [0.29, 0.717) is 0 Å². The van der Waals surface area contributed by atoms with Crippen molar-refractivity contribution >= 4 is 21.7 Å². The number of aromatic nitrogens is 2. The van der Waals surface area contributed by atoms with Crippen molar-refractivity contribution in [3.8, 4) is 0 Å². The number of ketones is 1. The van der Waals surface area contributed by atoms with Gasteiger partial charge >= 0.3 is 0 Å². The van der Waals surface area contributed by atoms with Gasteiger partial charge in [-0.25, -0.2) is 0 Å². The smallest absolute Gasteiger partial charge is 0.187 e. The molecule has 1 aliphatic heterocycles. The number of likely N-dealkylation sites (N-methyl/N-ethyl adjacent to an activating group) is 1. The molecule has 0 radical (unpaired) electrons. The number of hydrogen-bond acceptors (Lipinski definition) is 4. The summed E-state index contributed by atoms with van der Waals surface area (Å²) in [6.45, 7) is 5.49. The van der Waals surface area contributed by atoms with Gasteiger partial charge in [-0.15, -0.1) is 0 Å². The van der Waals surface area contributed by atoms with Crippen molar-refractivity contribution in [3.63, 3.8) is 0 Å². The van der Waals surface area contributed by atoms with E-state index in [1.54, 1.807) is 6.20 Å². The topological polar surface area (TPSA) is 50.2 Å². The van der Waals surface area contributed by atoms with Gasteiger partial charge in [0.1, 0.15) is 5.69 Å². The van der Waals surface area contributed by atoms with Gasteiger partial charge in [-0.1, -0.05) is 6.92 Å². The first-order valence-electron chi connectivity index (χ1n) is 7.05. The standard InChI is InChI=1S/C14H23BrN4O/c1-14(4-6-16-7-5-14)13(20)12-11(15)10-17-19(12)9-8-18(2)3/h10,16H,4-9H2,1-3H3. The molecule has 1 aliphatic rings. The highest BCUT2D eigenvalue weighted by Crippen LogP contribution is 2.34. The van der Waals surface area contributed by atoms with Crippen molar-refractivity contribution in [3.05, 3.63) is 16.4 Å². The average Bonchev–Trinajstić information content (AvgIpc) is 2.77. The van der Waals surface area contributed by atoms with E-state index in [1.165, 1.54) is 0 Å². The van der Waals surface area contributed by atoms with E-state index in [1.807, 2.05) is 18.8 Å². The van der Waals surface area contributed by atoms with E-state index in [0.717, 1.165) is 49.2 Å². The monoisotopic (exact) mass is 342 g/mol. The molecule has 0 atom stereocenters. The van der Waals surface area contributed by atoms with Crippen LogP contribution in [0.1, 0.15) is 30.3 Å². The molecule has 0 aromatic carbocycles. The number of halogens is 1. The molecule has 20 heavy (non-hydrogen) atoms. The van der Waals surface area contributed by atoms with Crippen LogP contribution in [0.4, 0.5) is 0 Å². The third-order valence-corrected chi connectivity index (χ3v) is 4.60. The first kappa shape index (κ1) is 15.7. The maximum absolute atomic E-state index is 12.9. The van der Waals surface area contributed by atoms with Crippen molar-refractivity contribution < 1.29 is 4.79 Å². The predicted octanol–water partition coefficient (Wildman–Crippen LogP) is 1.78. The predicted molar refractivity (Wildman–Crippen MR) is 83.0 cm³/mol. The Kier molecular flexibility index (Phi) is 4.99. The van der Waals surface area contributed by atoms with Crippen molar-refractivity contribution in [2.75, 3.05) is 33.7 Å². The fraction of sp³-hybridized carbons (Fsp3) is 0.714. The number of hydrogen-bond donors (Lipinski definition) is 1. The maximum Gasteiger partial charge on any atom is 0.187 e. The summed E-state index contributed by atoms with van der Waals surface area (Å²) in [4.78, 5) is 15.0. The summed E-state index contributed by atoms with van der Waals surface area (Å²) in [5, 5.41) is 7.66. The van der Waals surface area contributed by atoms with Crippen LogP contribution in [-0.4, -0.2) is 54.2 Å². The van der Waals surface area contributed by atoms with Gasteiger partial charge in [-0.2, -0.15) is 5.10 Å². The summed E-state index contributed by atoms with van der Waals surface area (Å²) in [5.74, 6) is 0.210. The lowest BCUT2D eigenvalue weighted by Crippen LogP contribution is -2.41. The van der Waals surface area contributed by atoms with E-state index in [2.05, 4.69) is 38.2 Å². The summed E-state index contributed by atoms with van der Waals surface area (Å²) >= 11 is 3.48. The zero-order valence-electron chi connectivity index (χ0n) is 12.4. The van der Waals surface area contributed by atoms with Gasteiger partial charge in [0.25, 0.3) is 0 Å². The largest absolute Gasteiger partial charge is 0.317 e. The van der Waals surface area contributed by atoms with Crippen LogP contribution in [-0.2, 0) is 6.54 Å².